The van der Waals surface area contributed by atoms with Gasteiger partial charge in [0.15, 0.2) is 0 Å². The lowest BCUT2D eigenvalue weighted by Crippen LogP contribution is -2.38. The molecule has 2 aliphatic heterocycles. The lowest BCUT2D eigenvalue weighted by atomic mass is 9.88. The quantitative estimate of drug-likeness (QED) is 0.643. The molecule has 0 aliphatic carbocycles. The van der Waals surface area contributed by atoms with E-state index in [2.05, 4.69) is 19.2 Å². The van der Waals surface area contributed by atoms with E-state index in [1.54, 1.807) is 24.3 Å². The number of carbonyl (C=O) groups is 2. The van der Waals surface area contributed by atoms with Gasteiger partial charge in [0.25, 0.3) is 11.8 Å². The highest BCUT2D eigenvalue weighted by Gasteiger charge is 2.34. The molecule has 0 saturated carbocycles. The lowest BCUT2D eigenvalue weighted by molar-refractivity contribution is -0.0718. The maximum absolute atomic E-state index is 12.3. The van der Waals surface area contributed by atoms with Gasteiger partial charge in [0.1, 0.15) is 0 Å². The summed E-state index contributed by atoms with van der Waals surface area (Å²) in [6.45, 7) is 7.36. The zero-order chi connectivity index (χ0) is 17.2. The highest BCUT2D eigenvalue weighted by atomic mass is 16.5. The summed E-state index contributed by atoms with van der Waals surface area (Å²) in [5.74, 6) is 0.302. The Morgan fingerprint density at radius 1 is 1.21 bits per heavy atom. The van der Waals surface area contributed by atoms with Crippen LogP contribution in [0, 0.1) is 5.92 Å². The standard InChI is InChI=1S/C19H26N2O3/c1-19(2)12-14(8-11-24-19)13-20-9-5-10-21-17(22)15-6-3-4-7-16(15)18(21)23/h3-4,6-7,14,20H,5,8-13H2,1-2H3. The summed E-state index contributed by atoms with van der Waals surface area (Å²) in [6, 6.07) is 7.04. The van der Waals surface area contributed by atoms with Crippen molar-refractivity contribution in [3.8, 4) is 0 Å². The first-order valence-electron chi connectivity index (χ1n) is 8.78. The van der Waals surface area contributed by atoms with Crippen LogP contribution in [-0.4, -0.2) is 48.6 Å². The van der Waals surface area contributed by atoms with Crippen molar-refractivity contribution in [1.29, 1.82) is 0 Å². The Morgan fingerprint density at radius 3 is 2.50 bits per heavy atom. The fourth-order valence-electron chi connectivity index (χ4n) is 3.64. The van der Waals surface area contributed by atoms with Crippen molar-refractivity contribution in [2.75, 3.05) is 26.2 Å². The van der Waals surface area contributed by atoms with Crippen LogP contribution in [0.1, 0.15) is 53.8 Å². The number of fused-ring (bicyclic) bond motifs is 1. The minimum atomic E-state index is -0.165. The average molecular weight is 330 g/mol. The fourth-order valence-corrected chi connectivity index (χ4v) is 3.64. The Bertz CT molecular complexity index is 592. The number of hydrogen-bond acceptors (Lipinski definition) is 4. The molecule has 0 radical (unpaired) electrons. The number of rotatable bonds is 6. The monoisotopic (exact) mass is 330 g/mol. The molecule has 1 saturated heterocycles. The van der Waals surface area contributed by atoms with Crippen molar-refractivity contribution in [1.82, 2.24) is 10.2 Å². The maximum Gasteiger partial charge on any atom is 0.261 e. The van der Waals surface area contributed by atoms with Crippen molar-refractivity contribution < 1.29 is 14.3 Å². The van der Waals surface area contributed by atoms with E-state index >= 15 is 0 Å². The molecule has 3 rings (SSSR count). The van der Waals surface area contributed by atoms with Gasteiger partial charge in [-0.05, 0) is 64.3 Å². The minimum absolute atomic E-state index is 0.0231. The first-order valence-corrected chi connectivity index (χ1v) is 8.78. The minimum Gasteiger partial charge on any atom is -0.376 e. The van der Waals surface area contributed by atoms with Crippen LogP contribution in [0.3, 0.4) is 0 Å². The lowest BCUT2D eigenvalue weighted by Gasteiger charge is -2.35. The molecule has 1 aromatic carbocycles. The molecule has 1 fully saturated rings. The molecule has 1 atom stereocenters. The zero-order valence-corrected chi connectivity index (χ0v) is 14.5. The van der Waals surface area contributed by atoms with Crippen LogP contribution in [0.2, 0.25) is 0 Å². The van der Waals surface area contributed by atoms with E-state index in [0.717, 1.165) is 39.0 Å². The van der Waals surface area contributed by atoms with Crippen LogP contribution in [0.15, 0.2) is 24.3 Å². The van der Waals surface area contributed by atoms with Gasteiger partial charge in [0.2, 0.25) is 0 Å². The molecular weight excluding hydrogens is 304 g/mol. The molecule has 130 valence electrons. The summed E-state index contributed by atoms with van der Waals surface area (Å²) in [4.78, 5) is 25.9. The topological polar surface area (TPSA) is 58.6 Å². The predicted octanol–water partition coefficient (Wildman–Crippen LogP) is 2.47. The van der Waals surface area contributed by atoms with Crippen molar-refractivity contribution in [2.45, 2.75) is 38.7 Å². The van der Waals surface area contributed by atoms with Gasteiger partial charge in [-0.2, -0.15) is 0 Å². The molecule has 5 nitrogen and oxygen atoms in total. The van der Waals surface area contributed by atoms with Crippen molar-refractivity contribution in [3.05, 3.63) is 35.4 Å². The molecule has 0 spiro atoms. The van der Waals surface area contributed by atoms with E-state index < -0.39 is 0 Å². The number of benzene rings is 1. The van der Waals surface area contributed by atoms with E-state index in [-0.39, 0.29) is 17.4 Å². The summed E-state index contributed by atoms with van der Waals surface area (Å²) in [5.41, 5.74) is 1.03. The number of nitrogens with one attached hydrogen (secondary N) is 1. The molecule has 2 aliphatic rings. The number of carbonyl (C=O) groups excluding carboxylic acids is 2. The van der Waals surface area contributed by atoms with Crippen molar-refractivity contribution >= 4 is 11.8 Å². The van der Waals surface area contributed by atoms with E-state index in [0.29, 0.717) is 23.6 Å². The Labute approximate surface area is 143 Å². The zero-order valence-electron chi connectivity index (χ0n) is 14.5. The van der Waals surface area contributed by atoms with E-state index in [1.165, 1.54) is 4.90 Å². The first kappa shape index (κ1) is 17.1. The van der Waals surface area contributed by atoms with Gasteiger partial charge in [-0.3, -0.25) is 14.5 Å². The van der Waals surface area contributed by atoms with Crippen LogP contribution < -0.4 is 5.32 Å². The van der Waals surface area contributed by atoms with Crippen LogP contribution in [-0.2, 0) is 4.74 Å². The number of imide groups is 1. The van der Waals surface area contributed by atoms with Gasteiger partial charge in [0, 0.05) is 13.2 Å². The van der Waals surface area contributed by atoms with E-state index in [9.17, 15) is 9.59 Å². The summed E-state index contributed by atoms with van der Waals surface area (Å²) in [6.07, 6.45) is 2.94. The fraction of sp³-hybridized carbons (Fsp3) is 0.579. The molecule has 1 unspecified atom stereocenters. The SMILES string of the molecule is CC1(C)CC(CNCCCN2C(=O)c3ccccc3C2=O)CCO1. The summed E-state index contributed by atoms with van der Waals surface area (Å²) in [5, 5.41) is 3.46. The molecule has 0 bridgehead atoms. The van der Waals surface area contributed by atoms with Gasteiger partial charge in [-0.1, -0.05) is 12.1 Å². The summed E-state index contributed by atoms with van der Waals surface area (Å²) in [7, 11) is 0. The van der Waals surface area contributed by atoms with Crippen LogP contribution >= 0.6 is 0 Å². The first-order chi connectivity index (χ1) is 11.5. The van der Waals surface area contributed by atoms with Gasteiger partial charge < -0.3 is 10.1 Å². The van der Waals surface area contributed by atoms with Crippen LogP contribution in [0.25, 0.3) is 0 Å². The molecule has 2 amide bonds. The van der Waals surface area contributed by atoms with Gasteiger partial charge in [-0.15, -0.1) is 0 Å². The highest BCUT2D eigenvalue weighted by molar-refractivity contribution is 6.21. The number of nitrogens with zero attached hydrogens (tertiary/aromatic N) is 1. The Balaban J connectivity index is 1.40. The van der Waals surface area contributed by atoms with Crippen LogP contribution in [0.4, 0.5) is 0 Å². The molecule has 24 heavy (non-hydrogen) atoms. The third kappa shape index (κ3) is 3.68. The van der Waals surface area contributed by atoms with Gasteiger partial charge in [0.05, 0.1) is 16.7 Å². The van der Waals surface area contributed by atoms with Crippen molar-refractivity contribution in [2.24, 2.45) is 5.92 Å². The molecule has 1 N–H and O–H groups in total. The molecule has 2 heterocycles. The van der Waals surface area contributed by atoms with Gasteiger partial charge >= 0.3 is 0 Å². The second kappa shape index (κ2) is 7.03. The Morgan fingerprint density at radius 2 is 1.88 bits per heavy atom. The van der Waals surface area contributed by atoms with Gasteiger partial charge in [-0.25, -0.2) is 0 Å². The van der Waals surface area contributed by atoms with E-state index in [1.807, 2.05) is 0 Å². The van der Waals surface area contributed by atoms with Crippen LogP contribution in [0.5, 0.6) is 0 Å². The second-order valence-corrected chi connectivity index (χ2v) is 7.33. The predicted molar refractivity (Wildman–Crippen MR) is 92.1 cm³/mol. The molecule has 0 aromatic heterocycles. The summed E-state index contributed by atoms with van der Waals surface area (Å²) < 4.78 is 5.74. The third-order valence-electron chi connectivity index (χ3n) is 4.85. The Kier molecular flexibility index (Phi) is 5.01. The number of ether oxygens (including phenoxy) is 1. The largest absolute Gasteiger partial charge is 0.376 e. The smallest absolute Gasteiger partial charge is 0.261 e. The summed E-state index contributed by atoms with van der Waals surface area (Å²) >= 11 is 0. The second-order valence-electron chi connectivity index (χ2n) is 7.33. The average Bonchev–Trinajstić information content (AvgIpc) is 2.79. The Hall–Kier alpha value is -1.72. The van der Waals surface area contributed by atoms with E-state index in [4.69, 9.17) is 4.74 Å². The van der Waals surface area contributed by atoms with Crippen molar-refractivity contribution in [3.63, 3.8) is 0 Å². The normalized spacial score (nSPS) is 22.8. The molecular formula is C19H26N2O3. The number of hydrogen-bond donors (Lipinski definition) is 1. The molecule has 1 aromatic rings. The molecule has 5 heteroatoms. The third-order valence-corrected chi connectivity index (χ3v) is 4.85. The highest BCUT2D eigenvalue weighted by Crippen LogP contribution is 2.28. The maximum atomic E-state index is 12.3. The number of amides is 2.